The second kappa shape index (κ2) is 9.64. The summed E-state index contributed by atoms with van der Waals surface area (Å²) < 4.78 is 24.0. The van der Waals surface area contributed by atoms with E-state index >= 15 is 0 Å². The van der Waals surface area contributed by atoms with Gasteiger partial charge in [0, 0.05) is 33.1 Å². The van der Waals surface area contributed by atoms with Crippen LogP contribution in [0, 0.1) is 0 Å². The maximum absolute atomic E-state index is 11.4. The molecule has 0 aromatic carbocycles. The van der Waals surface area contributed by atoms with E-state index < -0.39 is 10.0 Å². The summed E-state index contributed by atoms with van der Waals surface area (Å²) in [4.78, 5) is 11.0. The number of nitrogens with zero attached hydrogens (tertiary/aromatic N) is 1. The monoisotopic (exact) mass is 287 g/mol. The van der Waals surface area contributed by atoms with E-state index in [4.69, 9.17) is 5.73 Å². The zero-order chi connectivity index (χ0) is 12.6. The lowest BCUT2D eigenvalue weighted by atomic mass is 10.3. The van der Waals surface area contributed by atoms with E-state index in [0.29, 0.717) is 32.5 Å². The Morgan fingerprint density at radius 2 is 2.00 bits per heavy atom. The topological polar surface area (TPSA) is 92.5 Å². The molecule has 0 bridgehead atoms. The van der Waals surface area contributed by atoms with Gasteiger partial charge in [-0.1, -0.05) is 0 Å². The van der Waals surface area contributed by atoms with Crippen molar-refractivity contribution < 1.29 is 13.2 Å². The van der Waals surface area contributed by atoms with Crippen molar-refractivity contribution in [2.24, 2.45) is 5.73 Å². The first kappa shape index (κ1) is 19.0. The van der Waals surface area contributed by atoms with Gasteiger partial charge >= 0.3 is 0 Å². The summed E-state index contributed by atoms with van der Waals surface area (Å²) in [5.74, 6) is 0.00625. The molecule has 0 spiro atoms. The fraction of sp³-hybridized carbons (Fsp3) is 0.889. The van der Waals surface area contributed by atoms with Gasteiger partial charge in [0.1, 0.15) is 0 Å². The molecule has 0 atom stereocenters. The number of hydrogen-bond donors (Lipinski definition) is 2. The number of amides is 1. The molecule has 0 saturated carbocycles. The Hall–Kier alpha value is -0.370. The average Bonchev–Trinajstić information content (AvgIpc) is 2.24. The SMILES string of the molecule is CCS(=O)(=O)N(C)CCCNC(=O)CCN.Cl. The molecule has 3 N–H and O–H groups in total. The number of rotatable bonds is 8. The minimum atomic E-state index is -3.11. The number of hydrogen-bond acceptors (Lipinski definition) is 4. The quantitative estimate of drug-likeness (QED) is 0.591. The largest absolute Gasteiger partial charge is 0.356 e. The highest BCUT2D eigenvalue weighted by molar-refractivity contribution is 7.89. The van der Waals surface area contributed by atoms with Crippen molar-refractivity contribution >= 4 is 28.3 Å². The standard InChI is InChI=1S/C9H21N3O3S.ClH/c1-3-16(14,15)12(2)8-4-7-11-9(13)5-6-10;/h3-8,10H2,1-2H3,(H,11,13);1H. The molecule has 0 aliphatic rings. The fourth-order valence-corrected chi connectivity index (χ4v) is 1.96. The molecular weight excluding hydrogens is 266 g/mol. The van der Waals surface area contributed by atoms with Crippen molar-refractivity contribution in [2.45, 2.75) is 19.8 Å². The van der Waals surface area contributed by atoms with Crippen molar-refractivity contribution in [3.8, 4) is 0 Å². The Morgan fingerprint density at radius 3 is 2.47 bits per heavy atom. The van der Waals surface area contributed by atoms with Crippen LogP contribution in [0.4, 0.5) is 0 Å². The molecule has 0 heterocycles. The van der Waals surface area contributed by atoms with Gasteiger partial charge in [-0.05, 0) is 13.3 Å². The van der Waals surface area contributed by atoms with Crippen LogP contribution in [0.2, 0.25) is 0 Å². The summed E-state index contributed by atoms with van der Waals surface area (Å²) in [6.45, 7) is 2.83. The number of carbonyl (C=O) groups is 1. The predicted molar refractivity (Wildman–Crippen MR) is 70.6 cm³/mol. The Labute approximate surface area is 109 Å². The van der Waals surface area contributed by atoms with Gasteiger partial charge in [-0.3, -0.25) is 4.79 Å². The molecule has 6 nitrogen and oxygen atoms in total. The van der Waals surface area contributed by atoms with Crippen molar-refractivity contribution in [1.29, 1.82) is 0 Å². The molecular formula is C9H22ClN3O3S. The van der Waals surface area contributed by atoms with Gasteiger partial charge in [-0.15, -0.1) is 12.4 Å². The van der Waals surface area contributed by atoms with Crippen LogP contribution in [-0.2, 0) is 14.8 Å². The molecule has 0 fully saturated rings. The molecule has 8 heteroatoms. The summed E-state index contributed by atoms with van der Waals surface area (Å²) in [6, 6.07) is 0. The molecule has 0 aliphatic heterocycles. The Bertz CT molecular complexity index is 309. The Kier molecular flexibility index (Phi) is 10.8. The number of carbonyl (C=O) groups excluding carboxylic acids is 1. The molecule has 0 aromatic rings. The number of nitrogens with two attached hydrogens (primary N) is 1. The van der Waals surface area contributed by atoms with Gasteiger partial charge in [0.15, 0.2) is 0 Å². The van der Waals surface area contributed by atoms with Gasteiger partial charge in [-0.2, -0.15) is 0 Å². The highest BCUT2D eigenvalue weighted by atomic mass is 35.5. The summed E-state index contributed by atoms with van der Waals surface area (Å²) in [6.07, 6.45) is 0.912. The predicted octanol–water partition coefficient (Wildman–Crippen LogP) is -0.455. The van der Waals surface area contributed by atoms with Crippen LogP contribution in [-0.4, -0.2) is 51.1 Å². The van der Waals surface area contributed by atoms with Crippen molar-refractivity contribution in [3.05, 3.63) is 0 Å². The first-order chi connectivity index (χ1) is 7.44. The molecule has 0 saturated heterocycles. The minimum absolute atomic E-state index is 0. The van der Waals surface area contributed by atoms with E-state index in [1.807, 2.05) is 0 Å². The van der Waals surface area contributed by atoms with E-state index in [0.717, 1.165) is 0 Å². The first-order valence-electron chi connectivity index (χ1n) is 5.34. The van der Waals surface area contributed by atoms with E-state index in [1.165, 1.54) is 4.31 Å². The molecule has 1 amide bonds. The minimum Gasteiger partial charge on any atom is -0.356 e. The van der Waals surface area contributed by atoms with Crippen molar-refractivity contribution in [1.82, 2.24) is 9.62 Å². The van der Waals surface area contributed by atoms with Gasteiger partial charge in [0.2, 0.25) is 15.9 Å². The zero-order valence-electron chi connectivity index (χ0n) is 10.3. The maximum atomic E-state index is 11.4. The van der Waals surface area contributed by atoms with E-state index in [-0.39, 0.29) is 24.1 Å². The smallest absolute Gasteiger partial charge is 0.221 e. The lowest BCUT2D eigenvalue weighted by Crippen LogP contribution is -2.32. The average molecular weight is 288 g/mol. The lowest BCUT2D eigenvalue weighted by Gasteiger charge is -2.15. The number of sulfonamides is 1. The summed E-state index contributed by atoms with van der Waals surface area (Å²) in [7, 11) is -1.57. The molecule has 0 aliphatic carbocycles. The third-order valence-electron chi connectivity index (χ3n) is 2.18. The fourth-order valence-electron chi connectivity index (χ4n) is 1.11. The van der Waals surface area contributed by atoms with Crippen LogP contribution in [0.1, 0.15) is 19.8 Å². The van der Waals surface area contributed by atoms with Crippen molar-refractivity contribution in [2.75, 3.05) is 32.4 Å². The highest BCUT2D eigenvalue weighted by Gasteiger charge is 2.13. The normalized spacial score (nSPS) is 11.1. The Balaban J connectivity index is 0. The molecule has 0 aromatic heterocycles. The van der Waals surface area contributed by atoms with Crippen LogP contribution in [0.25, 0.3) is 0 Å². The lowest BCUT2D eigenvalue weighted by molar-refractivity contribution is -0.120. The Morgan fingerprint density at radius 1 is 1.41 bits per heavy atom. The molecule has 17 heavy (non-hydrogen) atoms. The zero-order valence-corrected chi connectivity index (χ0v) is 11.9. The highest BCUT2D eigenvalue weighted by Crippen LogP contribution is 1.98. The number of halogens is 1. The summed E-state index contributed by atoms with van der Waals surface area (Å²) >= 11 is 0. The van der Waals surface area contributed by atoms with E-state index in [2.05, 4.69) is 5.32 Å². The second-order valence-corrected chi connectivity index (χ2v) is 5.83. The van der Waals surface area contributed by atoms with Crippen molar-refractivity contribution in [3.63, 3.8) is 0 Å². The van der Waals surface area contributed by atoms with Gasteiger partial charge in [0.25, 0.3) is 0 Å². The second-order valence-electron chi connectivity index (χ2n) is 3.46. The van der Waals surface area contributed by atoms with Crippen LogP contribution in [0.3, 0.4) is 0 Å². The first-order valence-corrected chi connectivity index (χ1v) is 6.95. The van der Waals surface area contributed by atoms with E-state index in [1.54, 1.807) is 14.0 Å². The van der Waals surface area contributed by atoms with Crippen LogP contribution >= 0.6 is 12.4 Å². The summed E-state index contributed by atoms with van der Waals surface area (Å²) in [5, 5.41) is 2.67. The van der Waals surface area contributed by atoms with Gasteiger partial charge < -0.3 is 11.1 Å². The van der Waals surface area contributed by atoms with E-state index in [9.17, 15) is 13.2 Å². The van der Waals surface area contributed by atoms with Gasteiger partial charge in [0.05, 0.1) is 5.75 Å². The molecule has 104 valence electrons. The third kappa shape index (κ3) is 8.37. The molecule has 0 unspecified atom stereocenters. The van der Waals surface area contributed by atoms with Crippen LogP contribution < -0.4 is 11.1 Å². The molecule has 0 radical (unpaired) electrons. The van der Waals surface area contributed by atoms with Gasteiger partial charge in [-0.25, -0.2) is 12.7 Å². The number of nitrogens with one attached hydrogen (secondary N) is 1. The third-order valence-corrected chi connectivity index (χ3v) is 4.04. The van der Waals surface area contributed by atoms with Crippen LogP contribution in [0.5, 0.6) is 0 Å². The summed E-state index contributed by atoms with van der Waals surface area (Å²) in [5.41, 5.74) is 5.21. The van der Waals surface area contributed by atoms with Crippen LogP contribution in [0.15, 0.2) is 0 Å². The molecule has 0 rings (SSSR count). The maximum Gasteiger partial charge on any atom is 0.221 e.